The second-order valence-electron chi connectivity index (χ2n) is 6.10. The molecule has 0 amide bonds. The molecule has 1 heterocycles. The van der Waals surface area contributed by atoms with E-state index in [0.717, 1.165) is 0 Å². The van der Waals surface area contributed by atoms with Crippen molar-refractivity contribution in [3.8, 4) is 5.75 Å². The van der Waals surface area contributed by atoms with Gasteiger partial charge >= 0.3 is 11.9 Å². The Morgan fingerprint density at radius 2 is 1.78 bits per heavy atom. The number of methoxy groups -OCH3 is 2. The lowest BCUT2D eigenvalue weighted by atomic mass is 10.1. The van der Waals surface area contributed by atoms with Gasteiger partial charge in [-0.15, -0.1) is 0 Å². The molecule has 0 radical (unpaired) electrons. The van der Waals surface area contributed by atoms with E-state index in [4.69, 9.17) is 14.2 Å². The summed E-state index contributed by atoms with van der Waals surface area (Å²) in [6, 6.07) is 7.10. The quantitative estimate of drug-likeness (QED) is 0.592. The molecule has 144 valence electrons. The molecule has 0 aliphatic heterocycles. The van der Waals surface area contributed by atoms with E-state index < -0.39 is 23.8 Å². The minimum absolute atomic E-state index is 0.0161. The molecule has 0 bridgehead atoms. The number of aromatic amines is 1. The highest BCUT2D eigenvalue weighted by molar-refractivity contribution is 6.04. The van der Waals surface area contributed by atoms with Crippen molar-refractivity contribution in [2.75, 3.05) is 14.2 Å². The first-order valence-electron chi connectivity index (χ1n) is 8.43. The highest BCUT2D eigenvalue weighted by Crippen LogP contribution is 2.22. The average Bonchev–Trinajstić information content (AvgIpc) is 2.94. The van der Waals surface area contributed by atoms with Gasteiger partial charge in [0.1, 0.15) is 5.75 Å². The smallest absolute Gasteiger partial charge is 0.339 e. The van der Waals surface area contributed by atoms with Crippen molar-refractivity contribution in [1.82, 2.24) is 4.98 Å². The van der Waals surface area contributed by atoms with Gasteiger partial charge in [0.25, 0.3) is 0 Å². The van der Waals surface area contributed by atoms with Gasteiger partial charge in [0, 0.05) is 11.3 Å². The number of rotatable bonds is 7. The zero-order valence-electron chi connectivity index (χ0n) is 16.0. The maximum atomic E-state index is 12.7. The van der Waals surface area contributed by atoms with Gasteiger partial charge in [0.05, 0.1) is 31.9 Å². The van der Waals surface area contributed by atoms with Crippen molar-refractivity contribution in [3.63, 3.8) is 0 Å². The number of Topliss-reactive ketones (excluding diaryl/α,β-unsaturated/α-hetero) is 1. The number of ketones is 1. The first-order chi connectivity index (χ1) is 12.8. The van der Waals surface area contributed by atoms with E-state index in [9.17, 15) is 14.4 Å². The fraction of sp³-hybridized carbons (Fsp3) is 0.350. The Balaban J connectivity index is 2.12. The van der Waals surface area contributed by atoms with Crippen LogP contribution in [0.2, 0.25) is 0 Å². The molecule has 1 aromatic carbocycles. The van der Waals surface area contributed by atoms with Gasteiger partial charge in [0.15, 0.2) is 6.10 Å². The molecule has 27 heavy (non-hydrogen) atoms. The first kappa shape index (κ1) is 20.2. The van der Waals surface area contributed by atoms with Gasteiger partial charge in [-0.25, -0.2) is 4.79 Å². The predicted molar refractivity (Wildman–Crippen MR) is 98.2 cm³/mol. The van der Waals surface area contributed by atoms with Gasteiger partial charge in [-0.05, 0) is 32.4 Å². The normalized spacial score (nSPS) is 11.6. The molecular weight excluding hydrogens is 350 g/mol. The Hall–Kier alpha value is -3.09. The van der Waals surface area contributed by atoms with Crippen LogP contribution >= 0.6 is 0 Å². The van der Waals surface area contributed by atoms with Crippen LogP contribution < -0.4 is 4.74 Å². The van der Waals surface area contributed by atoms with Crippen LogP contribution in [-0.4, -0.2) is 43.0 Å². The number of carbonyl (C=O) groups is 3. The number of benzene rings is 1. The summed E-state index contributed by atoms with van der Waals surface area (Å²) in [5.41, 5.74) is 2.20. The van der Waals surface area contributed by atoms with Crippen LogP contribution in [0.4, 0.5) is 0 Å². The summed E-state index contributed by atoms with van der Waals surface area (Å²) in [4.78, 5) is 39.6. The van der Waals surface area contributed by atoms with E-state index in [2.05, 4.69) is 4.98 Å². The summed E-state index contributed by atoms with van der Waals surface area (Å²) in [5.74, 6) is -0.915. The fourth-order valence-corrected chi connectivity index (χ4v) is 2.90. The number of carbonyl (C=O) groups excluding carboxylic acids is 3. The average molecular weight is 373 g/mol. The monoisotopic (exact) mass is 373 g/mol. The summed E-state index contributed by atoms with van der Waals surface area (Å²) >= 11 is 0. The number of aromatic nitrogens is 1. The van der Waals surface area contributed by atoms with Gasteiger partial charge < -0.3 is 19.2 Å². The van der Waals surface area contributed by atoms with Crippen molar-refractivity contribution in [2.24, 2.45) is 0 Å². The highest BCUT2D eigenvalue weighted by atomic mass is 16.5. The summed E-state index contributed by atoms with van der Waals surface area (Å²) < 4.78 is 15.2. The lowest BCUT2D eigenvalue weighted by Crippen LogP contribution is -2.26. The van der Waals surface area contributed by atoms with E-state index in [0.29, 0.717) is 28.1 Å². The zero-order chi connectivity index (χ0) is 20.1. The molecule has 1 atom stereocenters. The Morgan fingerprint density at radius 3 is 2.41 bits per heavy atom. The van der Waals surface area contributed by atoms with Crippen LogP contribution in [0.3, 0.4) is 0 Å². The van der Waals surface area contributed by atoms with Gasteiger partial charge in [-0.1, -0.05) is 18.2 Å². The van der Waals surface area contributed by atoms with Gasteiger partial charge in [-0.2, -0.15) is 0 Å². The Bertz CT molecular complexity index is 867. The van der Waals surface area contributed by atoms with Crippen molar-refractivity contribution < 1.29 is 28.6 Å². The molecule has 7 heteroatoms. The topological polar surface area (TPSA) is 94.7 Å². The molecule has 7 nitrogen and oxygen atoms in total. The Kier molecular flexibility index (Phi) is 6.39. The minimum atomic E-state index is -1.01. The molecule has 2 rings (SSSR count). The molecule has 2 aromatic rings. The fourth-order valence-electron chi connectivity index (χ4n) is 2.90. The van der Waals surface area contributed by atoms with Crippen LogP contribution in [0.5, 0.6) is 5.75 Å². The molecular formula is C20H23NO6. The Morgan fingerprint density at radius 1 is 1.11 bits per heavy atom. The number of aryl methyl sites for hydroxylation is 1. The van der Waals surface area contributed by atoms with Crippen molar-refractivity contribution in [1.29, 1.82) is 0 Å². The van der Waals surface area contributed by atoms with Crippen LogP contribution in [0.25, 0.3) is 0 Å². The molecule has 0 saturated heterocycles. The summed E-state index contributed by atoms with van der Waals surface area (Å²) in [5, 5.41) is 0. The van der Waals surface area contributed by atoms with E-state index in [1.807, 2.05) is 0 Å². The van der Waals surface area contributed by atoms with E-state index >= 15 is 0 Å². The molecule has 1 aromatic heterocycles. The zero-order valence-corrected chi connectivity index (χ0v) is 16.0. The van der Waals surface area contributed by atoms with Crippen LogP contribution in [0.1, 0.15) is 44.6 Å². The maximum absolute atomic E-state index is 12.7. The SMILES string of the molecule is COC(=O)c1c(C)[nH]c(C(=O)[C@@H](C)OC(=O)Cc2ccccc2OC)c1C. The molecule has 0 fully saturated rings. The van der Waals surface area contributed by atoms with Gasteiger partial charge in [0.2, 0.25) is 5.78 Å². The number of para-hydroxylation sites is 1. The number of esters is 2. The largest absolute Gasteiger partial charge is 0.496 e. The number of nitrogens with one attached hydrogen (secondary N) is 1. The van der Waals surface area contributed by atoms with Crippen LogP contribution in [-0.2, 0) is 20.7 Å². The first-order valence-corrected chi connectivity index (χ1v) is 8.43. The van der Waals surface area contributed by atoms with Crippen LogP contribution in [0, 0.1) is 13.8 Å². The number of ether oxygens (including phenoxy) is 3. The lowest BCUT2D eigenvalue weighted by molar-refractivity contribution is -0.145. The highest BCUT2D eigenvalue weighted by Gasteiger charge is 2.27. The van der Waals surface area contributed by atoms with E-state index in [-0.39, 0.29) is 12.1 Å². The predicted octanol–water partition coefficient (Wildman–Crippen LogP) is 2.78. The third kappa shape index (κ3) is 4.36. The molecule has 1 N–H and O–H groups in total. The summed E-state index contributed by atoms with van der Waals surface area (Å²) in [6.45, 7) is 4.82. The molecule has 0 spiro atoms. The van der Waals surface area contributed by atoms with Crippen molar-refractivity contribution in [2.45, 2.75) is 33.3 Å². The number of hydrogen-bond acceptors (Lipinski definition) is 6. The van der Waals surface area contributed by atoms with Gasteiger partial charge in [-0.3, -0.25) is 9.59 Å². The lowest BCUT2D eigenvalue weighted by Gasteiger charge is -2.13. The molecule has 0 aliphatic rings. The van der Waals surface area contributed by atoms with E-state index in [1.54, 1.807) is 38.1 Å². The minimum Gasteiger partial charge on any atom is -0.496 e. The van der Waals surface area contributed by atoms with Crippen LogP contribution in [0.15, 0.2) is 24.3 Å². The second kappa shape index (κ2) is 8.53. The number of hydrogen-bond donors (Lipinski definition) is 1. The van der Waals surface area contributed by atoms with E-state index in [1.165, 1.54) is 21.1 Å². The molecule has 0 unspecified atom stereocenters. The van der Waals surface area contributed by atoms with Crippen molar-refractivity contribution >= 4 is 17.7 Å². The van der Waals surface area contributed by atoms with Crippen molar-refractivity contribution in [3.05, 3.63) is 52.3 Å². The summed E-state index contributed by atoms with van der Waals surface area (Å²) in [6.07, 6.45) is -1.02. The third-order valence-corrected chi connectivity index (χ3v) is 4.28. The third-order valence-electron chi connectivity index (χ3n) is 4.28. The second-order valence-corrected chi connectivity index (χ2v) is 6.10. The summed E-state index contributed by atoms with van der Waals surface area (Å²) in [7, 11) is 2.80. The number of H-pyrrole nitrogens is 1. The molecule has 0 aliphatic carbocycles. The standard InChI is InChI=1S/C20H23NO6/c1-11-17(20(24)26-5)12(2)21-18(11)19(23)13(3)27-16(22)10-14-8-6-7-9-15(14)25-4/h6-9,13,21H,10H2,1-5H3/t13-/m1/s1. The molecule has 0 saturated carbocycles. The maximum Gasteiger partial charge on any atom is 0.339 e. The Labute approximate surface area is 157 Å².